The topological polar surface area (TPSA) is 12.0 Å². The SMILES string of the molecule is Cc1cccc2c1C(CC(C)C)NC2. The normalized spacial score (nSPS) is 20.1. The number of hydrogen-bond acceptors (Lipinski definition) is 1. The monoisotopic (exact) mass is 189 g/mol. The maximum absolute atomic E-state index is 3.59. The van der Waals surface area contributed by atoms with Crippen LogP contribution in [0.2, 0.25) is 0 Å². The third-order valence-corrected chi connectivity index (χ3v) is 3.01. The second-order valence-electron chi connectivity index (χ2n) is 4.71. The first-order chi connectivity index (χ1) is 6.68. The third-order valence-electron chi connectivity index (χ3n) is 3.01. The zero-order valence-corrected chi connectivity index (χ0v) is 9.30. The van der Waals surface area contributed by atoms with Crippen molar-refractivity contribution in [2.45, 2.75) is 39.8 Å². The summed E-state index contributed by atoms with van der Waals surface area (Å²) in [6.07, 6.45) is 1.25. The molecule has 0 radical (unpaired) electrons. The molecule has 1 aliphatic heterocycles. The van der Waals surface area contributed by atoms with E-state index >= 15 is 0 Å². The van der Waals surface area contributed by atoms with Crippen LogP contribution in [0, 0.1) is 12.8 Å². The van der Waals surface area contributed by atoms with Crippen LogP contribution < -0.4 is 5.32 Å². The minimum atomic E-state index is 0.589. The van der Waals surface area contributed by atoms with Crippen molar-refractivity contribution in [3.63, 3.8) is 0 Å². The van der Waals surface area contributed by atoms with Crippen molar-refractivity contribution in [3.05, 3.63) is 34.9 Å². The Labute approximate surface area is 86.5 Å². The van der Waals surface area contributed by atoms with Gasteiger partial charge >= 0.3 is 0 Å². The minimum Gasteiger partial charge on any atom is -0.306 e. The molecule has 76 valence electrons. The molecule has 0 aromatic heterocycles. The Morgan fingerprint density at radius 1 is 1.43 bits per heavy atom. The molecular formula is C13H19N. The van der Waals surface area contributed by atoms with Gasteiger partial charge in [-0.1, -0.05) is 32.0 Å². The number of hydrogen-bond donors (Lipinski definition) is 1. The largest absolute Gasteiger partial charge is 0.306 e. The highest BCUT2D eigenvalue weighted by atomic mass is 14.9. The highest BCUT2D eigenvalue weighted by Crippen LogP contribution is 2.32. The molecule has 0 spiro atoms. The zero-order valence-electron chi connectivity index (χ0n) is 9.30. The van der Waals surface area contributed by atoms with Crippen molar-refractivity contribution >= 4 is 0 Å². The molecule has 0 saturated carbocycles. The summed E-state index contributed by atoms with van der Waals surface area (Å²) in [6, 6.07) is 7.22. The Kier molecular flexibility index (Phi) is 2.60. The van der Waals surface area contributed by atoms with E-state index in [2.05, 4.69) is 44.3 Å². The summed E-state index contributed by atoms with van der Waals surface area (Å²) in [5, 5.41) is 3.59. The Bertz CT molecular complexity index is 328. The van der Waals surface area contributed by atoms with Crippen molar-refractivity contribution in [3.8, 4) is 0 Å². The van der Waals surface area contributed by atoms with Crippen LogP contribution in [0.1, 0.15) is 43.0 Å². The van der Waals surface area contributed by atoms with Gasteiger partial charge in [0.2, 0.25) is 0 Å². The maximum atomic E-state index is 3.59. The molecule has 1 aromatic carbocycles. The van der Waals surface area contributed by atoms with Gasteiger partial charge in [-0.15, -0.1) is 0 Å². The van der Waals surface area contributed by atoms with Crippen LogP contribution in [0.3, 0.4) is 0 Å². The van der Waals surface area contributed by atoms with Gasteiger partial charge in [0.25, 0.3) is 0 Å². The van der Waals surface area contributed by atoms with Crippen LogP contribution >= 0.6 is 0 Å². The summed E-state index contributed by atoms with van der Waals surface area (Å²) in [4.78, 5) is 0. The molecule has 1 heterocycles. The lowest BCUT2D eigenvalue weighted by atomic mass is 9.94. The van der Waals surface area contributed by atoms with Gasteiger partial charge in [0, 0.05) is 12.6 Å². The van der Waals surface area contributed by atoms with Crippen LogP contribution in [0.25, 0.3) is 0 Å². The van der Waals surface area contributed by atoms with Crippen LogP contribution in [-0.4, -0.2) is 0 Å². The van der Waals surface area contributed by atoms with Gasteiger partial charge in [0.15, 0.2) is 0 Å². The molecule has 0 aliphatic carbocycles. The highest BCUT2D eigenvalue weighted by Gasteiger charge is 2.23. The van der Waals surface area contributed by atoms with E-state index in [1.807, 2.05) is 0 Å². The lowest BCUT2D eigenvalue weighted by molar-refractivity contribution is 0.454. The second-order valence-corrected chi connectivity index (χ2v) is 4.71. The molecule has 0 fully saturated rings. The van der Waals surface area contributed by atoms with E-state index in [1.54, 1.807) is 5.56 Å². The number of aryl methyl sites for hydroxylation is 1. The van der Waals surface area contributed by atoms with Crippen molar-refractivity contribution < 1.29 is 0 Å². The van der Waals surface area contributed by atoms with E-state index in [-0.39, 0.29) is 0 Å². The summed E-state index contributed by atoms with van der Waals surface area (Å²) in [6.45, 7) is 7.85. The molecule has 1 N–H and O–H groups in total. The van der Waals surface area contributed by atoms with E-state index in [1.165, 1.54) is 17.5 Å². The smallest absolute Gasteiger partial charge is 0.0331 e. The predicted molar refractivity (Wildman–Crippen MR) is 60.2 cm³/mol. The number of fused-ring (bicyclic) bond motifs is 1. The maximum Gasteiger partial charge on any atom is 0.0331 e. The number of rotatable bonds is 2. The molecule has 1 nitrogen and oxygen atoms in total. The Morgan fingerprint density at radius 2 is 2.21 bits per heavy atom. The first kappa shape index (κ1) is 9.72. The van der Waals surface area contributed by atoms with E-state index in [0.717, 1.165) is 12.5 Å². The fourth-order valence-corrected chi connectivity index (χ4v) is 2.40. The Hall–Kier alpha value is -0.820. The first-order valence-corrected chi connectivity index (χ1v) is 5.50. The average Bonchev–Trinajstić information content (AvgIpc) is 2.49. The molecule has 0 bridgehead atoms. The molecule has 1 aliphatic rings. The van der Waals surface area contributed by atoms with Gasteiger partial charge in [-0.25, -0.2) is 0 Å². The summed E-state index contributed by atoms with van der Waals surface area (Å²) in [7, 11) is 0. The van der Waals surface area contributed by atoms with Crippen LogP contribution in [0.15, 0.2) is 18.2 Å². The number of nitrogens with one attached hydrogen (secondary N) is 1. The van der Waals surface area contributed by atoms with Crippen molar-refractivity contribution in [2.75, 3.05) is 0 Å². The molecule has 14 heavy (non-hydrogen) atoms. The molecule has 1 atom stereocenters. The third kappa shape index (κ3) is 1.69. The summed E-state index contributed by atoms with van der Waals surface area (Å²) < 4.78 is 0. The zero-order chi connectivity index (χ0) is 10.1. The van der Waals surface area contributed by atoms with Gasteiger partial charge in [0.05, 0.1) is 0 Å². The molecule has 0 amide bonds. The van der Waals surface area contributed by atoms with E-state index < -0.39 is 0 Å². The predicted octanol–water partition coefficient (Wildman–Crippen LogP) is 3.19. The molecular weight excluding hydrogens is 170 g/mol. The second kappa shape index (κ2) is 3.74. The van der Waals surface area contributed by atoms with E-state index in [0.29, 0.717) is 6.04 Å². The van der Waals surface area contributed by atoms with Gasteiger partial charge in [0.1, 0.15) is 0 Å². The van der Waals surface area contributed by atoms with E-state index in [4.69, 9.17) is 0 Å². The van der Waals surface area contributed by atoms with E-state index in [9.17, 15) is 0 Å². The summed E-state index contributed by atoms with van der Waals surface area (Å²) in [5.41, 5.74) is 4.50. The molecule has 1 aromatic rings. The number of benzene rings is 1. The quantitative estimate of drug-likeness (QED) is 0.753. The van der Waals surface area contributed by atoms with Crippen molar-refractivity contribution in [1.29, 1.82) is 0 Å². The summed E-state index contributed by atoms with van der Waals surface area (Å²) in [5.74, 6) is 0.762. The summed E-state index contributed by atoms with van der Waals surface area (Å²) >= 11 is 0. The van der Waals surface area contributed by atoms with Crippen molar-refractivity contribution in [1.82, 2.24) is 5.32 Å². The standard InChI is InChI=1S/C13H19N/c1-9(2)7-12-13-10(3)5-4-6-11(13)8-14-12/h4-6,9,12,14H,7-8H2,1-3H3. The Morgan fingerprint density at radius 3 is 2.93 bits per heavy atom. The Balaban J connectivity index is 2.29. The van der Waals surface area contributed by atoms with Crippen molar-refractivity contribution in [2.24, 2.45) is 5.92 Å². The van der Waals surface area contributed by atoms with Crippen LogP contribution in [0.4, 0.5) is 0 Å². The van der Waals surface area contributed by atoms with Gasteiger partial charge in [-0.3, -0.25) is 0 Å². The fourth-order valence-electron chi connectivity index (χ4n) is 2.40. The van der Waals surface area contributed by atoms with Crippen LogP contribution in [0.5, 0.6) is 0 Å². The van der Waals surface area contributed by atoms with Crippen LogP contribution in [-0.2, 0) is 6.54 Å². The lowest BCUT2D eigenvalue weighted by Crippen LogP contribution is -2.14. The first-order valence-electron chi connectivity index (χ1n) is 5.50. The highest BCUT2D eigenvalue weighted by molar-refractivity contribution is 5.40. The minimum absolute atomic E-state index is 0.589. The lowest BCUT2D eigenvalue weighted by Gasteiger charge is -2.16. The molecule has 0 saturated heterocycles. The van der Waals surface area contributed by atoms with Gasteiger partial charge in [-0.2, -0.15) is 0 Å². The molecule has 1 heteroatoms. The molecule has 2 rings (SSSR count). The average molecular weight is 189 g/mol. The molecule has 1 unspecified atom stereocenters. The van der Waals surface area contributed by atoms with Gasteiger partial charge < -0.3 is 5.32 Å². The fraction of sp³-hybridized carbons (Fsp3) is 0.538. The van der Waals surface area contributed by atoms with Gasteiger partial charge in [-0.05, 0) is 36.0 Å².